The molecule has 1 unspecified atom stereocenters. The van der Waals surface area contributed by atoms with Gasteiger partial charge >= 0.3 is 6.03 Å². The van der Waals surface area contributed by atoms with E-state index in [0.29, 0.717) is 6.54 Å². The van der Waals surface area contributed by atoms with Crippen LogP contribution < -0.4 is 16.4 Å². The molecule has 0 aliphatic carbocycles. The third-order valence-corrected chi connectivity index (χ3v) is 2.44. The quantitative estimate of drug-likeness (QED) is 0.686. The first-order chi connectivity index (χ1) is 7.12. The van der Waals surface area contributed by atoms with Crippen molar-refractivity contribution in [1.82, 2.24) is 10.6 Å². The predicted octanol–water partition coefficient (Wildman–Crippen LogP) is 0.790. The molecular formula is C11H17N3O. The Labute approximate surface area is 89.9 Å². The van der Waals surface area contributed by atoms with E-state index in [1.807, 2.05) is 37.3 Å². The molecule has 4 nitrogen and oxygen atoms in total. The van der Waals surface area contributed by atoms with E-state index in [2.05, 4.69) is 10.6 Å². The average Bonchev–Trinajstić information content (AvgIpc) is 2.30. The Morgan fingerprint density at radius 2 is 2.00 bits per heavy atom. The molecule has 0 spiro atoms. The summed E-state index contributed by atoms with van der Waals surface area (Å²) in [5.74, 6) is 0. The standard InChI is InChI=1S/C11H17N3O/c1-11(8-12,14-10(15)13-2)9-6-4-3-5-7-9/h3-7H,8,12H2,1-2H3,(H2,13,14,15). The van der Waals surface area contributed by atoms with Gasteiger partial charge in [0.1, 0.15) is 0 Å². The summed E-state index contributed by atoms with van der Waals surface area (Å²) in [5.41, 5.74) is 6.17. The van der Waals surface area contributed by atoms with Crippen LogP contribution in [-0.2, 0) is 5.54 Å². The lowest BCUT2D eigenvalue weighted by atomic mass is 9.92. The fourth-order valence-corrected chi connectivity index (χ4v) is 1.36. The second-order valence-corrected chi connectivity index (χ2v) is 3.61. The molecule has 1 aromatic carbocycles. The van der Waals surface area contributed by atoms with Gasteiger partial charge in [-0.2, -0.15) is 0 Å². The number of carbonyl (C=O) groups is 1. The summed E-state index contributed by atoms with van der Waals surface area (Å²) in [6.45, 7) is 2.25. The maximum absolute atomic E-state index is 11.3. The van der Waals surface area contributed by atoms with Gasteiger partial charge in [-0.1, -0.05) is 30.3 Å². The minimum Gasteiger partial charge on any atom is -0.341 e. The lowest BCUT2D eigenvalue weighted by Crippen LogP contribution is -2.51. The zero-order valence-corrected chi connectivity index (χ0v) is 9.08. The molecule has 0 bridgehead atoms. The topological polar surface area (TPSA) is 67.2 Å². The van der Waals surface area contributed by atoms with Gasteiger partial charge in [-0.25, -0.2) is 4.79 Å². The highest BCUT2D eigenvalue weighted by molar-refractivity contribution is 5.74. The van der Waals surface area contributed by atoms with Gasteiger partial charge in [0.25, 0.3) is 0 Å². The van der Waals surface area contributed by atoms with Crippen molar-refractivity contribution >= 4 is 6.03 Å². The van der Waals surface area contributed by atoms with Crippen molar-refractivity contribution in [2.24, 2.45) is 5.73 Å². The van der Waals surface area contributed by atoms with E-state index in [9.17, 15) is 4.79 Å². The van der Waals surface area contributed by atoms with Crippen LogP contribution in [-0.4, -0.2) is 19.6 Å². The van der Waals surface area contributed by atoms with E-state index in [1.54, 1.807) is 7.05 Å². The number of carbonyl (C=O) groups excluding carboxylic acids is 1. The van der Waals surface area contributed by atoms with E-state index in [1.165, 1.54) is 0 Å². The van der Waals surface area contributed by atoms with Crippen LogP contribution in [0.1, 0.15) is 12.5 Å². The molecule has 0 saturated carbocycles. The summed E-state index contributed by atoms with van der Waals surface area (Å²) in [5, 5.41) is 5.35. The first kappa shape index (κ1) is 11.5. The molecule has 1 aromatic rings. The highest BCUT2D eigenvalue weighted by Gasteiger charge is 2.26. The molecule has 82 valence electrons. The average molecular weight is 207 g/mol. The molecule has 0 aliphatic rings. The van der Waals surface area contributed by atoms with Crippen molar-refractivity contribution in [3.63, 3.8) is 0 Å². The number of hydrogen-bond donors (Lipinski definition) is 3. The molecule has 15 heavy (non-hydrogen) atoms. The van der Waals surface area contributed by atoms with E-state index in [4.69, 9.17) is 5.73 Å². The molecule has 4 N–H and O–H groups in total. The van der Waals surface area contributed by atoms with Gasteiger partial charge in [0, 0.05) is 13.6 Å². The summed E-state index contributed by atoms with van der Waals surface area (Å²) < 4.78 is 0. The summed E-state index contributed by atoms with van der Waals surface area (Å²) in [6, 6.07) is 9.45. The van der Waals surface area contributed by atoms with Crippen LogP contribution in [0.5, 0.6) is 0 Å². The SMILES string of the molecule is CNC(=O)NC(C)(CN)c1ccccc1. The van der Waals surface area contributed by atoms with E-state index in [-0.39, 0.29) is 6.03 Å². The summed E-state index contributed by atoms with van der Waals surface area (Å²) >= 11 is 0. The van der Waals surface area contributed by atoms with Crippen molar-refractivity contribution in [2.45, 2.75) is 12.5 Å². The normalized spacial score (nSPS) is 14.1. The number of benzene rings is 1. The van der Waals surface area contributed by atoms with Crippen LogP contribution in [0.2, 0.25) is 0 Å². The molecule has 0 heterocycles. The lowest BCUT2D eigenvalue weighted by Gasteiger charge is -2.29. The molecule has 0 radical (unpaired) electrons. The minimum atomic E-state index is -0.526. The molecule has 1 atom stereocenters. The van der Waals surface area contributed by atoms with Gasteiger partial charge in [0.15, 0.2) is 0 Å². The highest BCUT2D eigenvalue weighted by atomic mass is 16.2. The van der Waals surface area contributed by atoms with Gasteiger partial charge in [0.2, 0.25) is 0 Å². The molecule has 0 fully saturated rings. The van der Waals surface area contributed by atoms with E-state index in [0.717, 1.165) is 5.56 Å². The smallest absolute Gasteiger partial charge is 0.315 e. The van der Waals surface area contributed by atoms with Gasteiger partial charge in [-0.3, -0.25) is 0 Å². The van der Waals surface area contributed by atoms with Crippen LogP contribution in [0, 0.1) is 0 Å². The first-order valence-electron chi connectivity index (χ1n) is 4.88. The molecule has 4 heteroatoms. The number of hydrogen-bond acceptors (Lipinski definition) is 2. The summed E-state index contributed by atoms with van der Waals surface area (Å²) in [6.07, 6.45) is 0. The van der Waals surface area contributed by atoms with Gasteiger partial charge in [-0.05, 0) is 12.5 Å². The predicted molar refractivity (Wildman–Crippen MR) is 60.4 cm³/mol. The van der Waals surface area contributed by atoms with Crippen LogP contribution in [0.4, 0.5) is 4.79 Å². The fraction of sp³-hybridized carbons (Fsp3) is 0.364. The molecule has 0 saturated heterocycles. The van der Waals surface area contributed by atoms with Crippen molar-refractivity contribution in [2.75, 3.05) is 13.6 Å². The zero-order valence-electron chi connectivity index (χ0n) is 9.08. The number of rotatable bonds is 3. The Morgan fingerprint density at radius 1 is 1.40 bits per heavy atom. The van der Waals surface area contributed by atoms with Crippen LogP contribution in [0.3, 0.4) is 0 Å². The summed E-state index contributed by atoms with van der Waals surface area (Å²) in [7, 11) is 1.58. The molecule has 2 amide bonds. The molecule has 0 aromatic heterocycles. The number of amides is 2. The second kappa shape index (κ2) is 4.79. The van der Waals surface area contributed by atoms with Crippen molar-refractivity contribution in [3.05, 3.63) is 35.9 Å². The van der Waals surface area contributed by atoms with Crippen molar-refractivity contribution in [3.8, 4) is 0 Å². The second-order valence-electron chi connectivity index (χ2n) is 3.61. The molecule has 0 aliphatic heterocycles. The Morgan fingerprint density at radius 3 is 2.47 bits per heavy atom. The molecular weight excluding hydrogens is 190 g/mol. The van der Waals surface area contributed by atoms with Crippen LogP contribution in [0.15, 0.2) is 30.3 Å². The third-order valence-electron chi connectivity index (χ3n) is 2.44. The van der Waals surface area contributed by atoms with E-state index < -0.39 is 5.54 Å². The first-order valence-corrected chi connectivity index (χ1v) is 4.88. The number of nitrogens with one attached hydrogen (secondary N) is 2. The molecule has 1 rings (SSSR count). The van der Waals surface area contributed by atoms with E-state index >= 15 is 0 Å². The number of nitrogens with two attached hydrogens (primary N) is 1. The Balaban J connectivity index is 2.90. The Kier molecular flexibility index (Phi) is 3.68. The zero-order chi connectivity index (χ0) is 11.3. The number of urea groups is 1. The fourth-order valence-electron chi connectivity index (χ4n) is 1.36. The minimum absolute atomic E-state index is 0.230. The monoisotopic (exact) mass is 207 g/mol. The van der Waals surface area contributed by atoms with Crippen LogP contribution >= 0.6 is 0 Å². The van der Waals surface area contributed by atoms with Crippen molar-refractivity contribution in [1.29, 1.82) is 0 Å². The van der Waals surface area contributed by atoms with Gasteiger partial charge in [0.05, 0.1) is 5.54 Å². The summed E-state index contributed by atoms with van der Waals surface area (Å²) in [4.78, 5) is 11.3. The van der Waals surface area contributed by atoms with Crippen LogP contribution in [0.25, 0.3) is 0 Å². The van der Waals surface area contributed by atoms with Gasteiger partial charge in [-0.15, -0.1) is 0 Å². The highest BCUT2D eigenvalue weighted by Crippen LogP contribution is 2.18. The van der Waals surface area contributed by atoms with Gasteiger partial charge < -0.3 is 16.4 Å². The largest absolute Gasteiger partial charge is 0.341 e. The third kappa shape index (κ3) is 2.70. The lowest BCUT2D eigenvalue weighted by molar-refractivity contribution is 0.230. The Bertz CT molecular complexity index is 326. The maximum Gasteiger partial charge on any atom is 0.315 e. The van der Waals surface area contributed by atoms with Crippen molar-refractivity contribution < 1.29 is 4.79 Å². The Hall–Kier alpha value is -1.55. The maximum atomic E-state index is 11.3.